The van der Waals surface area contributed by atoms with Gasteiger partial charge in [-0.05, 0) is 75.1 Å². The van der Waals surface area contributed by atoms with Gasteiger partial charge < -0.3 is 0 Å². The molecular formula is C26H35ClN2. The third-order valence-corrected chi connectivity index (χ3v) is 6.09. The molecule has 1 aliphatic rings. The van der Waals surface area contributed by atoms with Crippen LogP contribution in [0.2, 0.25) is 0 Å². The van der Waals surface area contributed by atoms with Crippen molar-refractivity contribution in [1.29, 1.82) is 5.26 Å². The van der Waals surface area contributed by atoms with Crippen molar-refractivity contribution in [2.24, 2.45) is 0 Å². The van der Waals surface area contributed by atoms with Crippen molar-refractivity contribution in [2.45, 2.75) is 76.8 Å². The molecule has 0 bridgehead atoms. The summed E-state index contributed by atoms with van der Waals surface area (Å²) in [6.45, 7) is 8.20. The molecule has 0 amide bonds. The average molecular weight is 411 g/mol. The zero-order valence-corrected chi connectivity index (χ0v) is 18.9. The first-order valence-corrected chi connectivity index (χ1v) is 11.3. The minimum absolute atomic E-state index is 0.381. The second-order valence-electron chi connectivity index (χ2n) is 8.23. The number of alkyl halides is 1. The van der Waals surface area contributed by atoms with Gasteiger partial charge in [0.05, 0.1) is 6.07 Å². The SMILES string of the molecule is CC#N.CC(C)N(CCCc1ccc(C2CCC(Cl)C2)cc1)Cc1ccccc1. The van der Waals surface area contributed by atoms with Crippen LogP contribution in [0.15, 0.2) is 54.6 Å². The molecule has 2 aromatic rings. The maximum Gasteiger partial charge on any atom is 0.0587 e. The maximum atomic E-state index is 7.32. The van der Waals surface area contributed by atoms with Crippen molar-refractivity contribution >= 4 is 11.6 Å². The first kappa shape index (κ1) is 23.5. The largest absolute Gasteiger partial charge is 0.297 e. The van der Waals surface area contributed by atoms with Crippen molar-refractivity contribution in [3.8, 4) is 6.07 Å². The van der Waals surface area contributed by atoms with Crippen LogP contribution in [0.5, 0.6) is 0 Å². The van der Waals surface area contributed by atoms with Crippen LogP contribution in [0.4, 0.5) is 0 Å². The molecule has 2 nitrogen and oxygen atoms in total. The highest BCUT2D eigenvalue weighted by molar-refractivity contribution is 6.20. The molecule has 1 saturated carbocycles. The van der Waals surface area contributed by atoms with E-state index in [4.69, 9.17) is 16.9 Å². The quantitative estimate of drug-likeness (QED) is 0.441. The highest BCUT2D eigenvalue weighted by Gasteiger charge is 2.23. The Morgan fingerprint density at radius 3 is 2.24 bits per heavy atom. The summed E-state index contributed by atoms with van der Waals surface area (Å²) in [6, 6.07) is 22.4. The van der Waals surface area contributed by atoms with Crippen molar-refractivity contribution < 1.29 is 0 Å². The van der Waals surface area contributed by atoms with Gasteiger partial charge in [-0.2, -0.15) is 5.26 Å². The van der Waals surface area contributed by atoms with Crippen LogP contribution in [0.1, 0.15) is 69.1 Å². The lowest BCUT2D eigenvalue weighted by molar-refractivity contribution is 0.210. The summed E-state index contributed by atoms with van der Waals surface area (Å²) in [6.07, 6.45) is 5.92. The number of halogens is 1. The Bertz CT molecular complexity index is 734. The van der Waals surface area contributed by atoms with Crippen LogP contribution in [0, 0.1) is 11.3 Å². The highest BCUT2D eigenvalue weighted by Crippen LogP contribution is 2.37. The number of benzene rings is 2. The molecule has 0 aromatic heterocycles. The molecule has 2 atom stereocenters. The molecule has 156 valence electrons. The van der Waals surface area contributed by atoms with Crippen molar-refractivity contribution in [3.63, 3.8) is 0 Å². The fraction of sp³-hybridized carbons (Fsp3) is 0.500. The van der Waals surface area contributed by atoms with Gasteiger partial charge in [0.15, 0.2) is 0 Å². The van der Waals surface area contributed by atoms with Crippen molar-refractivity contribution in [1.82, 2.24) is 4.90 Å². The first-order chi connectivity index (χ1) is 14.0. The van der Waals surface area contributed by atoms with Gasteiger partial charge >= 0.3 is 0 Å². The molecule has 2 aromatic carbocycles. The lowest BCUT2D eigenvalue weighted by Crippen LogP contribution is -2.31. The summed E-state index contributed by atoms with van der Waals surface area (Å²) in [5.41, 5.74) is 4.34. The molecule has 0 heterocycles. The fourth-order valence-electron chi connectivity index (χ4n) is 4.01. The van der Waals surface area contributed by atoms with E-state index in [2.05, 4.69) is 73.3 Å². The monoisotopic (exact) mass is 410 g/mol. The number of rotatable bonds is 8. The number of aryl methyl sites for hydroxylation is 1. The Morgan fingerprint density at radius 1 is 1.03 bits per heavy atom. The summed E-state index contributed by atoms with van der Waals surface area (Å²) in [5.74, 6) is 0.675. The van der Waals surface area contributed by atoms with E-state index in [1.165, 1.54) is 42.9 Å². The Labute approximate surface area is 182 Å². The highest BCUT2D eigenvalue weighted by atomic mass is 35.5. The van der Waals surface area contributed by atoms with E-state index >= 15 is 0 Å². The van der Waals surface area contributed by atoms with Crippen LogP contribution in [-0.4, -0.2) is 22.9 Å². The average Bonchev–Trinajstić information content (AvgIpc) is 3.15. The third-order valence-electron chi connectivity index (χ3n) is 5.69. The summed E-state index contributed by atoms with van der Waals surface area (Å²) < 4.78 is 0. The normalized spacial score (nSPS) is 18.4. The molecular weight excluding hydrogens is 376 g/mol. The molecule has 0 spiro atoms. The summed E-state index contributed by atoms with van der Waals surface area (Å²) in [5, 5.41) is 7.70. The summed E-state index contributed by atoms with van der Waals surface area (Å²) in [7, 11) is 0. The van der Waals surface area contributed by atoms with Gasteiger partial charge in [-0.1, -0.05) is 54.6 Å². The number of nitrogens with zero attached hydrogens (tertiary/aromatic N) is 2. The van der Waals surface area contributed by atoms with Gasteiger partial charge in [-0.25, -0.2) is 0 Å². The van der Waals surface area contributed by atoms with Crippen molar-refractivity contribution in [3.05, 3.63) is 71.3 Å². The molecule has 0 aliphatic heterocycles. The maximum absolute atomic E-state index is 7.32. The standard InChI is InChI=1S/C24H32ClN.C2H3N/c1-19(2)26(18-21-7-4-3-5-8-21)16-6-9-20-10-12-22(13-11-20)23-14-15-24(25)17-23;1-2-3/h3-5,7-8,10-13,19,23-24H,6,9,14-18H2,1-2H3;1H3. The Kier molecular flexibility index (Phi) is 10.3. The first-order valence-electron chi connectivity index (χ1n) is 10.8. The van der Waals surface area contributed by atoms with Crippen molar-refractivity contribution in [2.75, 3.05) is 6.54 Å². The zero-order chi connectivity index (χ0) is 21.1. The van der Waals surface area contributed by atoms with Crippen LogP contribution in [-0.2, 0) is 13.0 Å². The molecule has 3 rings (SSSR count). The minimum Gasteiger partial charge on any atom is -0.297 e. The Balaban J connectivity index is 0.000000941. The summed E-state index contributed by atoms with van der Waals surface area (Å²) in [4.78, 5) is 2.57. The fourth-order valence-corrected chi connectivity index (χ4v) is 4.35. The van der Waals surface area contributed by atoms with E-state index in [0.29, 0.717) is 17.3 Å². The van der Waals surface area contributed by atoms with Crippen LogP contribution < -0.4 is 0 Å². The number of hydrogen-bond acceptors (Lipinski definition) is 2. The lowest BCUT2D eigenvalue weighted by atomic mass is 9.96. The molecule has 0 radical (unpaired) electrons. The molecule has 1 fully saturated rings. The smallest absolute Gasteiger partial charge is 0.0587 e. The van der Waals surface area contributed by atoms with Gasteiger partial charge in [0.2, 0.25) is 0 Å². The molecule has 2 unspecified atom stereocenters. The topological polar surface area (TPSA) is 27.0 Å². The van der Waals surface area contributed by atoms with Gasteiger partial charge in [-0.3, -0.25) is 4.90 Å². The molecule has 3 heteroatoms. The molecule has 1 aliphatic carbocycles. The number of hydrogen-bond donors (Lipinski definition) is 0. The summed E-state index contributed by atoms with van der Waals surface area (Å²) >= 11 is 6.27. The van der Waals surface area contributed by atoms with E-state index in [1.54, 1.807) is 6.07 Å². The minimum atomic E-state index is 0.381. The predicted octanol–water partition coefficient (Wildman–Crippen LogP) is 6.93. The third kappa shape index (κ3) is 8.21. The van der Waals surface area contributed by atoms with E-state index in [1.807, 2.05) is 0 Å². The second kappa shape index (κ2) is 12.7. The van der Waals surface area contributed by atoms with Gasteiger partial charge in [0, 0.05) is 24.9 Å². The Morgan fingerprint density at radius 2 is 1.69 bits per heavy atom. The molecule has 29 heavy (non-hydrogen) atoms. The van der Waals surface area contributed by atoms with E-state index in [0.717, 1.165) is 25.9 Å². The molecule has 0 saturated heterocycles. The van der Waals surface area contributed by atoms with E-state index in [-0.39, 0.29) is 0 Å². The number of nitriles is 1. The zero-order valence-electron chi connectivity index (χ0n) is 18.2. The van der Waals surface area contributed by atoms with Crippen LogP contribution in [0.25, 0.3) is 0 Å². The lowest BCUT2D eigenvalue weighted by Gasteiger charge is -2.26. The van der Waals surface area contributed by atoms with Crippen LogP contribution in [0.3, 0.4) is 0 Å². The van der Waals surface area contributed by atoms with Crippen LogP contribution >= 0.6 is 11.6 Å². The Hall–Kier alpha value is -1.82. The van der Waals surface area contributed by atoms with Gasteiger partial charge in [0.1, 0.15) is 0 Å². The van der Waals surface area contributed by atoms with Gasteiger partial charge in [-0.15, -0.1) is 11.6 Å². The van der Waals surface area contributed by atoms with E-state index in [9.17, 15) is 0 Å². The van der Waals surface area contributed by atoms with Gasteiger partial charge in [0.25, 0.3) is 0 Å². The van der Waals surface area contributed by atoms with E-state index < -0.39 is 0 Å². The predicted molar refractivity (Wildman–Crippen MR) is 124 cm³/mol. The molecule has 0 N–H and O–H groups in total. The second-order valence-corrected chi connectivity index (χ2v) is 8.84.